The smallest absolute Gasteiger partial charge is 0.349 e. The number of carbonyl (C=O) groups is 3. The molecule has 0 bridgehead atoms. The predicted molar refractivity (Wildman–Crippen MR) is 114 cm³/mol. The fraction of sp³-hybridized carbons (Fsp3) is 0.286. The van der Waals surface area contributed by atoms with Gasteiger partial charge in [-0.2, -0.15) is 14.3 Å². The van der Waals surface area contributed by atoms with Gasteiger partial charge >= 0.3 is 11.9 Å². The number of fused-ring (bicyclic) bond motifs is 3. The van der Waals surface area contributed by atoms with E-state index in [2.05, 4.69) is 10.3 Å². The Balaban J connectivity index is 1.63. The molecule has 0 aliphatic carbocycles. The molecule has 3 heterocycles. The number of nitrogens with one attached hydrogen (secondary N) is 1. The van der Waals surface area contributed by atoms with E-state index in [0.717, 1.165) is 11.1 Å². The van der Waals surface area contributed by atoms with E-state index in [4.69, 9.17) is 11.6 Å². The van der Waals surface area contributed by atoms with E-state index in [9.17, 15) is 14.4 Å². The van der Waals surface area contributed by atoms with Gasteiger partial charge in [-0.25, -0.2) is 9.78 Å². The first kappa shape index (κ1) is 20.6. The van der Waals surface area contributed by atoms with Crippen LogP contribution in [0.3, 0.4) is 0 Å². The molecule has 2 aromatic rings. The number of imide groups is 1. The van der Waals surface area contributed by atoms with Crippen LogP contribution in [0.2, 0.25) is 5.02 Å². The van der Waals surface area contributed by atoms with Gasteiger partial charge in [0, 0.05) is 17.8 Å². The van der Waals surface area contributed by atoms with Crippen molar-refractivity contribution < 1.29 is 19.0 Å². The maximum atomic E-state index is 13.1. The number of aromatic nitrogens is 1. The van der Waals surface area contributed by atoms with E-state index < -0.39 is 11.3 Å². The van der Waals surface area contributed by atoms with E-state index in [0.29, 0.717) is 28.7 Å². The van der Waals surface area contributed by atoms with Crippen molar-refractivity contribution in [3.8, 4) is 0 Å². The number of pyridine rings is 1. The van der Waals surface area contributed by atoms with Crippen molar-refractivity contribution in [1.82, 2.24) is 15.2 Å². The van der Waals surface area contributed by atoms with Crippen molar-refractivity contribution in [3.05, 3.63) is 58.7 Å². The van der Waals surface area contributed by atoms with Crippen LogP contribution in [0, 0.1) is 0 Å². The molecule has 1 aromatic carbocycles. The Hall–Kier alpha value is -2.71. The van der Waals surface area contributed by atoms with E-state index in [1.165, 1.54) is 21.2 Å². The van der Waals surface area contributed by atoms with Gasteiger partial charge in [0.05, 0.1) is 12.1 Å². The molecule has 4 amide bonds. The van der Waals surface area contributed by atoms with Crippen LogP contribution in [0.1, 0.15) is 24.5 Å². The third kappa shape index (κ3) is 3.73. The van der Waals surface area contributed by atoms with Crippen molar-refractivity contribution in [2.45, 2.75) is 30.2 Å². The number of urea groups is 1. The number of halogens is 1. The number of benzene rings is 1. The van der Waals surface area contributed by atoms with Gasteiger partial charge in [0.15, 0.2) is 11.8 Å². The molecule has 1 atom stereocenters. The van der Waals surface area contributed by atoms with Gasteiger partial charge in [0.2, 0.25) is 0 Å². The summed E-state index contributed by atoms with van der Waals surface area (Å²) in [5.74, 6) is -0.588. The second-order valence-corrected chi connectivity index (χ2v) is 8.47. The molecular weight excluding hydrogens is 424 g/mol. The SMILES string of the molecule is CCCN1C(=O)C2Sc3ncccc3C2=[N+](CC(=O)NCc2ccccc2Cl)C1=O. The van der Waals surface area contributed by atoms with Gasteiger partial charge in [-0.1, -0.05) is 48.5 Å². The fourth-order valence-corrected chi connectivity index (χ4v) is 4.99. The molecule has 0 saturated carbocycles. The van der Waals surface area contributed by atoms with Gasteiger partial charge in [-0.15, -0.1) is 0 Å². The fourth-order valence-electron chi connectivity index (χ4n) is 3.54. The number of thioether (sulfide) groups is 1. The molecule has 30 heavy (non-hydrogen) atoms. The summed E-state index contributed by atoms with van der Waals surface area (Å²) >= 11 is 7.47. The van der Waals surface area contributed by atoms with Crippen LogP contribution in [0.25, 0.3) is 0 Å². The lowest BCUT2D eigenvalue weighted by Crippen LogP contribution is -2.57. The molecule has 7 nitrogen and oxygen atoms in total. The topological polar surface area (TPSA) is 82.4 Å². The summed E-state index contributed by atoms with van der Waals surface area (Å²) in [6.45, 7) is 2.28. The second kappa shape index (κ2) is 8.57. The van der Waals surface area contributed by atoms with Crippen molar-refractivity contribution in [3.63, 3.8) is 0 Å². The summed E-state index contributed by atoms with van der Waals surface area (Å²) in [7, 11) is 0. The van der Waals surface area contributed by atoms with Gasteiger partial charge in [0.1, 0.15) is 10.7 Å². The molecular formula is C21H20ClN4O3S+. The molecule has 4 rings (SSSR count). The molecule has 0 fully saturated rings. The number of nitrogens with zero attached hydrogens (tertiary/aromatic N) is 3. The molecule has 9 heteroatoms. The third-order valence-corrected chi connectivity index (χ3v) is 6.53. The number of carbonyl (C=O) groups excluding carboxylic acids is 3. The van der Waals surface area contributed by atoms with Crippen molar-refractivity contribution in [2.75, 3.05) is 13.1 Å². The number of hydrogen-bond donors (Lipinski definition) is 1. The summed E-state index contributed by atoms with van der Waals surface area (Å²) in [6.07, 6.45) is 2.29. The van der Waals surface area contributed by atoms with Crippen molar-refractivity contribution in [2.24, 2.45) is 0 Å². The first-order valence-electron chi connectivity index (χ1n) is 9.63. The quantitative estimate of drug-likeness (QED) is 0.694. The highest BCUT2D eigenvalue weighted by molar-refractivity contribution is 8.02. The highest BCUT2D eigenvalue weighted by atomic mass is 35.5. The van der Waals surface area contributed by atoms with Gasteiger partial charge in [0.25, 0.3) is 5.91 Å². The van der Waals surface area contributed by atoms with Gasteiger partial charge < -0.3 is 5.32 Å². The lowest BCUT2D eigenvalue weighted by Gasteiger charge is -2.24. The normalized spacial score (nSPS) is 17.8. The van der Waals surface area contributed by atoms with Crippen molar-refractivity contribution in [1.29, 1.82) is 0 Å². The van der Waals surface area contributed by atoms with E-state index >= 15 is 0 Å². The molecule has 2 aliphatic rings. The van der Waals surface area contributed by atoms with Crippen LogP contribution in [0.15, 0.2) is 47.6 Å². The Kier molecular flexibility index (Phi) is 5.87. The highest BCUT2D eigenvalue weighted by Crippen LogP contribution is 2.38. The molecule has 0 spiro atoms. The number of rotatable bonds is 6. The average Bonchev–Trinajstić information content (AvgIpc) is 3.13. The van der Waals surface area contributed by atoms with Gasteiger partial charge in [-0.05, 0) is 30.2 Å². The maximum Gasteiger partial charge on any atom is 0.501 e. The minimum absolute atomic E-state index is 0.183. The maximum absolute atomic E-state index is 13.1. The molecule has 154 valence electrons. The lowest BCUT2D eigenvalue weighted by molar-refractivity contribution is -0.427. The second-order valence-electron chi connectivity index (χ2n) is 6.97. The Bertz CT molecular complexity index is 1070. The largest absolute Gasteiger partial charge is 0.501 e. The standard InChI is InChI=1S/C21H19ClN4O3S/c1-2-10-25-20(28)18-17(14-7-5-9-23-19(14)30-18)26(21(25)29)12-16(27)24-11-13-6-3-4-8-15(13)22/h3-9,18H,2,10-12H2,1H3/p+1. The minimum Gasteiger partial charge on any atom is -0.349 e. The third-order valence-electron chi connectivity index (χ3n) is 4.95. The Labute approximate surface area is 183 Å². The van der Waals surface area contributed by atoms with Crippen molar-refractivity contribution >= 4 is 46.9 Å². The van der Waals surface area contributed by atoms with E-state index in [-0.39, 0.29) is 24.9 Å². The van der Waals surface area contributed by atoms with Crippen LogP contribution in [0.5, 0.6) is 0 Å². The Morgan fingerprint density at radius 1 is 1.27 bits per heavy atom. The summed E-state index contributed by atoms with van der Waals surface area (Å²) in [5.41, 5.74) is 2.05. The van der Waals surface area contributed by atoms with E-state index in [1.807, 2.05) is 31.2 Å². The lowest BCUT2D eigenvalue weighted by atomic mass is 10.1. The summed E-state index contributed by atoms with van der Waals surface area (Å²) in [4.78, 5) is 44.3. The predicted octanol–water partition coefficient (Wildman–Crippen LogP) is 2.70. The molecule has 1 N–H and O–H groups in total. The Morgan fingerprint density at radius 2 is 2.07 bits per heavy atom. The molecule has 0 radical (unpaired) electrons. The zero-order valence-corrected chi connectivity index (χ0v) is 17.9. The number of hydrogen-bond acceptors (Lipinski definition) is 5. The molecule has 1 unspecified atom stereocenters. The van der Waals surface area contributed by atoms with Crippen LogP contribution < -0.4 is 5.32 Å². The zero-order chi connectivity index (χ0) is 21.3. The van der Waals surface area contributed by atoms with E-state index in [1.54, 1.807) is 18.3 Å². The monoisotopic (exact) mass is 443 g/mol. The summed E-state index contributed by atoms with van der Waals surface area (Å²) < 4.78 is 1.41. The summed E-state index contributed by atoms with van der Waals surface area (Å²) in [5, 5.41) is 3.50. The van der Waals surface area contributed by atoms with Crippen LogP contribution in [0.4, 0.5) is 4.79 Å². The number of amides is 4. The summed E-state index contributed by atoms with van der Waals surface area (Å²) in [6, 6.07) is 10.4. The average molecular weight is 444 g/mol. The van der Waals surface area contributed by atoms with Crippen LogP contribution in [-0.4, -0.2) is 56.4 Å². The Morgan fingerprint density at radius 3 is 2.83 bits per heavy atom. The van der Waals surface area contributed by atoms with Crippen LogP contribution in [-0.2, 0) is 16.1 Å². The highest BCUT2D eigenvalue weighted by Gasteiger charge is 2.52. The van der Waals surface area contributed by atoms with Crippen LogP contribution >= 0.6 is 23.4 Å². The zero-order valence-electron chi connectivity index (χ0n) is 16.3. The molecule has 1 aromatic heterocycles. The first-order valence-corrected chi connectivity index (χ1v) is 10.9. The minimum atomic E-state index is -0.574. The molecule has 0 saturated heterocycles. The molecule has 2 aliphatic heterocycles. The van der Waals surface area contributed by atoms with Gasteiger partial charge in [-0.3, -0.25) is 4.79 Å². The first-order chi connectivity index (χ1) is 14.5.